The Bertz CT molecular complexity index is 494. The van der Waals surface area contributed by atoms with Crippen molar-refractivity contribution in [2.24, 2.45) is 0 Å². The minimum Gasteiger partial charge on any atom is -0.480 e. The first-order chi connectivity index (χ1) is 9.65. The average Bonchev–Trinajstić information content (AvgIpc) is 2.92. The standard InChI is InChI=1S/C14H19N3O3/c18-13(6-10-4-2-1-3-5-10)17-12(14(19)20)7-11-8-15-9-16-11/h4,8-9,12H,1-3,5-7H2,(H,15,16)(H,17,18)(H,19,20)/t12-/m1/s1. The van der Waals surface area contributed by atoms with Crippen LogP contribution in [0.4, 0.5) is 0 Å². The third kappa shape index (κ3) is 4.22. The minimum atomic E-state index is -1.04. The second kappa shape index (κ2) is 6.88. The Morgan fingerprint density at radius 2 is 2.30 bits per heavy atom. The Balaban J connectivity index is 1.88. The van der Waals surface area contributed by atoms with Crippen molar-refractivity contribution in [2.75, 3.05) is 0 Å². The van der Waals surface area contributed by atoms with Crippen molar-refractivity contribution in [3.63, 3.8) is 0 Å². The van der Waals surface area contributed by atoms with E-state index in [0.29, 0.717) is 12.1 Å². The summed E-state index contributed by atoms with van der Waals surface area (Å²) in [5.41, 5.74) is 1.80. The minimum absolute atomic E-state index is 0.208. The largest absolute Gasteiger partial charge is 0.480 e. The van der Waals surface area contributed by atoms with Crippen LogP contribution in [-0.4, -0.2) is 33.0 Å². The van der Waals surface area contributed by atoms with Crippen molar-refractivity contribution in [1.82, 2.24) is 15.3 Å². The van der Waals surface area contributed by atoms with E-state index in [9.17, 15) is 9.59 Å². The summed E-state index contributed by atoms with van der Waals surface area (Å²) in [6, 6.07) is -0.924. The van der Waals surface area contributed by atoms with E-state index in [1.165, 1.54) is 12.7 Å². The van der Waals surface area contributed by atoms with E-state index < -0.39 is 12.0 Å². The fourth-order valence-corrected chi connectivity index (χ4v) is 2.33. The Hall–Kier alpha value is -2.11. The van der Waals surface area contributed by atoms with Crippen LogP contribution in [0.2, 0.25) is 0 Å². The van der Waals surface area contributed by atoms with Gasteiger partial charge in [0.05, 0.1) is 6.33 Å². The molecular weight excluding hydrogens is 258 g/mol. The maximum atomic E-state index is 11.9. The number of rotatable bonds is 6. The molecule has 1 aromatic heterocycles. The van der Waals surface area contributed by atoms with Crippen LogP contribution in [0.3, 0.4) is 0 Å². The summed E-state index contributed by atoms with van der Waals surface area (Å²) >= 11 is 0. The predicted molar refractivity (Wildman–Crippen MR) is 73.0 cm³/mol. The molecule has 1 aliphatic carbocycles. The van der Waals surface area contributed by atoms with E-state index in [-0.39, 0.29) is 12.3 Å². The molecule has 6 nitrogen and oxygen atoms in total. The van der Waals surface area contributed by atoms with E-state index in [4.69, 9.17) is 5.11 Å². The van der Waals surface area contributed by atoms with E-state index in [0.717, 1.165) is 24.8 Å². The lowest BCUT2D eigenvalue weighted by Gasteiger charge is -2.16. The molecule has 2 rings (SSSR count). The highest BCUT2D eigenvalue weighted by atomic mass is 16.4. The molecule has 0 aliphatic heterocycles. The lowest BCUT2D eigenvalue weighted by atomic mass is 9.97. The van der Waals surface area contributed by atoms with Gasteiger partial charge in [-0.2, -0.15) is 0 Å². The van der Waals surface area contributed by atoms with Gasteiger partial charge in [0.25, 0.3) is 0 Å². The quantitative estimate of drug-likeness (QED) is 0.685. The first-order valence-electron chi connectivity index (χ1n) is 6.82. The first kappa shape index (κ1) is 14.3. The lowest BCUT2D eigenvalue weighted by Crippen LogP contribution is -2.42. The van der Waals surface area contributed by atoms with Gasteiger partial charge in [0.15, 0.2) is 0 Å². The van der Waals surface area contributed by atoms with Gasteiger partial charge in [-0.1, -0.05) is 11.6 Å². The Kier molecular flexibility index (Phi) is 4.92. The van der Waals surface area contributed by atoms with Crippen molar-refractivity contribution in [2.45, 2.75) is 44.6 Å². The summed E-state index contributed by atoms with van der Waals surface area (Å²) in [5, 5.41) is 11.7. The highest BCUT2D eigenvalue weighted by Gasteiger charge is 2.21. The number of carbonyl (C=O) groups excluding carboxylic acids is 1. The molecule has 0 saturated heterocycles. The fraction of sp³-hybridized carbons (Fsp3) is 0.500. The highest BCUT2D eigenvalue weighted by molar-refractivity contribution is 5.85. The van der Waals surface area contributed by atoms with E-state index >= 15 is 0 Å². The maximum absolute atomic E-state index is 11.9. The van der Waals surface area contributed by atoms with Crippen LogP contribution < -0.4 is 5.32 Å². The van der Waals surface area contributed by atoms with Gasteiger partial charge in [-0.25, -0.2) is 9.78 Å². The lowest BCUT2D eigenvalue weighted by molar-refractivity contribution is -0.141. The summed E-state index contributed by atoms with van der Waals surface area (Å²) in [6.45, 7) is 0. The molecule has 0 spiro atoms. The van der Waals surface area contributed by atoms with Crippen LogP contribution >= 0.6 is 0 Å². The van der Waals surface area contributed by atoms with Gasteiger partial charge in [0.1, 0.15) is 6.04 Å². The van der Waals surface area contributed by atoms with Crippen LogP contribution in [-0.2, 0) is 16.0 Å². The summed E-state index contributed by atoms with van der Waals surface area (Å²) in [4.78, 5) is 29.8. The zero-order valence-corrected chi connectivity index (χ0v) is 11.3. The number of carbonyl (C=O) groups is 2. The van der Waals surface area contributed by atoms with Crippen molar-refractivity contribution in [3.8, 4) is 0 Å². The van der Waals surface area contributed by atoms with Gasteiger partial charge in [0.2, 0.25) is 5.91 Å². The van der Waals surface area contributed by atoms with Gasteiger partial charge >= 0.3 is 5.97 Å². The number of hydrogen-bond acceptors (Lipinski definition) is 3. The number of allylic oxidation sites excluding steroid dienone is 1. The molecule has 20 heavy (non-hydrogen) atoms. The second-order valence-corrected chi connectivity index (χ2v) is 5.02. The van der Waals surface area contributed by atoms with Gasteiger partial charge in [-0.3, -0.25) is 4.79 Å². The van der Waals surface area contributed by atoms with Gasteiger partial charge in [-0.15, -0.1) is 0 Å². The molecule has 6 heteroatoms. The summed E-state index contributed by atoms with van der Waals surface area (Å²) in [6.07, 6.45) is 9.87. The zero-order chi connectivity index (χ0) is 14.4. The molecule has 1 amide bonds. The van der Waals surface area contributed by atoms with E-state index in [2.05, 4.69) is 21.4 Å². The van der Waals surface area contributed by atoms with E-state index in [1.807, 2.05) is 0 Å². The SMILES string of the molecule is O=C(CC1=CCCCC1)N[C@H](Cc1cnc[nH]1)C(=O)O. The number of hydrogen-bond donors (Lipinski definition) is 3. The summed E-state index contributed by atoms with van der Waals surface area (Å²) in [7, 11) is 0. The molecule has 0 bridgehead atoms. The number of aliphatic carboxylic acids is 1. The molecule has 108 valence electrons. The molecule has 1 atom stereocenters. The van der Waals surface area contributed by atoms with Gasteiger partial charge in [-0.05, 0) is 25.7 Å². The van der Waals surface area contributed by atoms with E-state index in [1.54, 1.807) is 6.20 Å². The normalized spacial score (nSPS) is 16.3. The van der Waals surface area contributed by atoms with Crippen molar-refractivity contribution in [3.05, 3.63) is 29.9 Å². The average molecular weight is 277 g/mol. The number of imidazole rings is 1. The molecule has 0 saturated carbocycles. The molecule has 0 radical (unpaired) electrons. The second-order valence-electron chi connectivity index (χ2n) is 5.02. The smallest absolute Gasteiger partial charge is 0.326 e. The number of H-pyrrole nitrogens is 1. The molecule has 1 aromatic rings. The topological polar surface area (TPSA) is 95.1 Å². The van der Waals surface area contributed by atoms with Crippen LogP contribution in [0.15, 0.2) is 24.2 Å². The van der Waals surface area contributed by atoms with Gasteiger partial charge in [0, 0.05) is 24.7 Å². The van der Waals surface area contributed by atoms with Crippen LogP contribution in [0, 0.1) is 0 Å². The fourth-order valence-electron chi connectivity index (χ4n) is 2.33. The maximum Gasteiger partial charge on any atom is 0.326 e. The number of nitrogens with one attached hydrogen (secondary N) is 2. The Morgan fingerprint density at radius 3 is 2.90 bits per heavy atom. The highest BCUT2D eigenvalue weighted by Crippen LogP contribution is 2.19. The van der Waals surface area contributed by atoms with Crippen molar-refractivity contribution < 1.29 is 14.7 Å². The molecule has 1 heterocycles. The number of aromatic amines is 1. The molecule has 0 unspecified atom stereocenters. The summed E-state index contributed by atoms with van der Waals surface area (Å²) in [5.74, 6) is -1.27. The van der Waals surface area contributed by atoms with Crippen LogP contribution in [0.5, 0.6) is 0 Å². The third-order valence-electron chi connectivity index (χ3n) is 3.38. The number of aromatic nitrogens is 2. The van der Waals surface area contributed by atoms with Crippen LogP contribution in [0.1, 0.15) is 37.8 Å². The summed E-state index contributed by atoms with van der Waals surface area (Å²) < 4.78 is 0. The number of carboxylic acids is 1. The first-order valence-corrected chi connectivity index (χ1v) is 6.82. The van der Waals surface area contributed by atoms with Crippen molar-refractivity contribution in [1.29, 1.82) is 0 Å². The van der Waals surface area contributed by atoms with Crippen molar-refractivity contribution >= 4 is 11.9 Å². The number of amides is 1. The molecular formula is C14H19N3O3. The molecule has 1 aliphatic rings. The number of carboxylic acid groups (broad SMARTS) is 1. The molecule has 0 fully saturated rings. The Labute approximate surface area is 117 Å². The number of nitrogens with zero attached hydrogens (tertiary/aromatic N) is 1. The predicted octanol–water partition coefficient (Wildman–Crippen LogP) is 1.41. The monoisotopic (exact) mass is 277 g/mol. The molecule has 3 N–H and O–H groups in total. The third-order valence-corrected chi connectivity index (χ3v) is 3.38. The van der Waals surface area contributed by atoms with Gasteiger partial charge < -0.3 is 15.4 Å². The Morgan fingerprint density at radius 1 is 1.45 bits per heavy atom. The van der Waals surface area contributed by atoms with Crippen LogP contribution in [0.25, 0.3) is 0 Å². The zero-order valence-electron chi connectivity index (χ0n) is 11.3. The molecule has 0 aromatic carbocycles.